The Morgan fingerprint density at radius 3 is 2.31 bits per heavy atom. The summed E-state index contributed by atoms with van der Waals surface area (Å²) in [6.45, 7) is 0. The van der Waals surface area contributed by atoms with Crippen LogP contribution in [-0.2, 0) is 14.4 Å². The summed E-state index contributed by atoms with van der Waals surface area (Å²) in [7, 11) is 0. The Balaban J connectivity index is 2.44. The van der Waals surface area contributed by atoms with E-state index in [-0.39, 0.29) is 12.8 Å². The first-order valence-corrected chi connectivity index (χ1v) is 3.48. The fourth-order valence-corrected chi connectivity index (χ4v) is 0.856. The van der Waals surface area contributed by atoms with E-state index < -0.39 is 24.1 Å². The molecule has 1 amide bonds. The highest BCUT2D eigenvalue weighted by molar-refractivity contribution is 5.85. The second-order valence-electron chi connectivity index (χ2n) is 2.47. The molecular weight excluding hydrogens is 182 g/mol. The van der Waals surface area contributed by atoms with Gasteiger partial charge < -0.3 is 15.1 Å². The van der Waals surface area contributed by atoms with Crippen LogP contribution in [0.15, 0.2) is 0 Å². The summed E-state index contributed by atoms with van der Waals surface area (Å²) >= 11 is 0. The summed E-state index contributed by atoms with van der Waals surface area (Å²) in [5, 5.41) is 17.5. The summed E-state index contributed by atoms with van der Waals surface area (Å²) in [6.07, 6.45) is -1.21. The molecule has 1 heterocycles. The van der Waals surface area contributed by atoms with E-state index in [1.165, 1.54) is 0 Å². The van der Waals surface area contributed by atoms with Crippen LogP contribution >= 0.6 is 0 Å². The van der Waals surface area contributed by atoms with Gasteiger partial charge in [-0.3, -0.25) is 4.79 Å². The molecule has 0 aromatic carbocycles. The molecule has 0 saturated carbocycles. The van der Waals surface area contributed by atoms with Gasteiger partial charge in [0, 0.05) is 6.42 Å². The highest BCUT2D eigenvalue weighted by atomic mass is 16.9. The number of carbonyl (C=O) groups is 3. The molecule has 2 N–H and O–H groups in total. The van der Waals surface area contributed by atoms with E-state index in [1.54, 1.807) is 0 Å². The fraction of sp³-hybridized carbons (Fsp3) is 0.500. The lowest BCUT2D eigenvalue weighted by molar-refractivity contribution is -0.144. The van der Waals surface area contributed by atoms with Gasteiger partial charge in [-0.05, 0) is 6.42 Å². The predicted octanol–water partition coefficient (Wildman–Crippen LogP) is -0.328. The fourth-order valence-electron chi connectivity index (χ4n) is 0.856. The number of hydrogen-bond acceptors (Lipinski definition) is 4. The van der Waals surface area contributed by atoms with Gasteiger partial charge in [-0.1, -0.05) is 0 Å². The summed E-state index contributed by atoms with van der Waals surface area (Å²) < 4.78 is 0. The van der Waals surface area contributed by atoms with Crippen molar-refractivity contribution in [3.8, 4) is 0 Å². The van der Waals surface area contributed by atoms with Gasteiger partial charge in [-0.2, -0.15) is 0 Å². The van der Waals surface area contributed by atoms with E-state index >= 15 is 0 Å². The number of hydroxylamine groups is 2. The van der Waals surface area contributed by atoms with Crippen LogP contribution in [-0.4, -0.2) is 39.3 Å². The Morgan fingerprint density at radius 1 is 1.46 bits per heavy atom. The molecule has 0 unspecified atom stereocenters. The van der Waals surface area contributed by atoms with Crippen LogP contribution in [0.5, 0.6) is 0 Å². The number of nitrogens with zero attached hydrogens (tertiary/aromatic N) is 1. The Bertz CT molecular complexity index is 262. The minimum Gasteiger partial charge on any atom is -0.481 e. The first-order chi connectivity index (χ1) is 6.02. The van der Waals surface area contributed by atoms with Crippen molar-refractivity contribution < 1.29 is 29.4 Å². The summed E-state index contributed by atoms with van der Waals surface area (Å²) in [5.74, 6) is -2.38. The number of carbonyl (C=O) groups excluding carboxylic acids is 1. The number of amides is 1. The third-order valence-corrected chi connectivity index (χ3v) is 1.52. The minimum atomic E-state index is -1.27. The monoisotopic (exact) mass is 189 g/mol. The van der Waals surface area contributed by atoms with Crippen LogP contribution < -0.4 is 0 Å². The van der Waals surface area contributed by atoms with Gasteiger partial charge in [-0.15, -0.1) is 5.06 Å². The van der Waals surface area contributed by atoms with Crippen molar-refractivity contribution in [3.63, 3.8) is 0 Å². The van der Waals surface area contributed by atoms with Gasteiger partial charge in [0.25, 0.3) is 0 Å². The Labute approximate surface area is 72.5 Å². The maximum absolute atomic E-state index is 10.5. The summed E-state index contributed by atoms with van der Waals surface area (Å²) in [5.41, 5.74) is 0. The third-order valence-electron chi connectivity index (χ3n) is 1.52. The lowest BCUT2D eigenvalue weighted by Crippen LogP contribution is -2.29. The number of aliphatic carboxylic acids is 2. The van der Waals surface area contributed by atoms with E-state index in [4.69, 9.17) is 10.2 Å². The van der Waals surface area contributed by atoms with Crippen LogP contribution in [0.3, 0.4) is 0 Å². The Morgan fingerprint density at radius 2 is 2.00 bits per heavy atom. The molecule has 1 aliphatic rings. The molecule has 0 aromatic rings. The predicted molar refractivity (Wildman–Crippen MR) is 36.6 cm³/mol. The molecule has 1 saturated heterocycles. The molecule has 1 rings (SSSR count). The van der Waals surface area contributed by atoms with Crippen molar-refractivity contribution in [1.82, 2.24) is 5.06 Å². The van der Waals surface area contributed by atoms with E-state index in [0.29, 0.717) is 5.06 Å². The molecule has 0 aromatic heterocycles. The molecule has 1 fully saturated rings. The van der Waals surface area contributed by atoms with Crippen molar-refractivity contribution in [2.24, 2.45) is 0 Å². The average molecular weight is 189 g/mol. The van der Waals surface area contributed by atoms with Crippen molar-refractivity contribution in [2.45, 2.75) is 18.9 Å². The van der Waals surface area contributed by atoms with Gasteiger partial charge in [0.15, 0.2) is 6.04 Å². The molecule has 7 nitrogen and oxygen atoms in total. The first-order valence-electron chi connectivity index (χ1n) is 3.48. The van der Waals surface area contributed by atoms with Crippen LogP contribution in [0, 0.1) is 0 Å². The second-order valence-corrected chi connectivity index (χ2v) is 2.47. The normalized spacial score (nSPS) is 16.3. The van der Waals surface area contributed by atoms with Crippen LogP contribution in [0.4, 0.5) is 4.79 Å². The van der Waals surface area contributed by atoms with Crippen molar-refractivity contribution in [2.75, 3.05) is 0 Å². The van der Waals surface area contributed by atoms with Crippen LogP contribution in [0.25, 0.3) is 0 Å². The smallest absolute Gasteiger partial charge is 0.468 e. The summed E-state index contributed by atoms with van der Waals surface area (Å²) in [6, 6.07) is -1.19. The first kappa shape index (κ1) is 9.30. The molecule has 7 heteroatoms. The highest BCUT2D eigenvalue weighted by Crippen LogP contribution is 2.20. The molecule has 13 heavy (non-hydrogen) atoms. The maximum Gasteiger partial charge on any atom is 0.468 e. The number of carboxylic acid groups (broad SMARTS) is 2. The van der Waals surface area contributed by atoms with Gasteiger partial charge in [0.1, 0.15) is 0 Å². The number of rotatable bonds is 5. The van der Waals surface area contributed by atoms with Crippen molar-refractivity contribution >= 4 is 18.0 Å². The Kier molecular flexibility index (Phi) is 2.36. The van der Waals surface area contributed by atoms with Gasteiger partial charge in [0.05, 0.1) is 0 Å². The quantitative estimate of drug-likeness (QED) is 0.573. The lowest BCUT2D eigenvalue weighted by atomic mass is 10.1. The van der Waals surface area contributed by atoms with Crippen molar-refractivity contribution in [1.29, 1.82) is 0 Å². The molecule has 0 radical (unpaired) electrons. The highest BCUT2D eigenvalue weighted by Gasteiger charge is 2.45. The maximum atomic E-state index is 10.5. The van der Waals surface area contributed by atoms with Crippen LogP contribution in [0.1, 0.15) is 12.8 Å². The van der Waals surface area contributed by atoms with E-state index in [1.807, 2.05) is 0 Å². The van der Waals surface area contributed by atoms with Crippen molar-refractivity contribution in [3.05, 3.63) is 0 Å². The van der Waals surface area contributed by atoms with Gasteiger partial charge >= 0.3 is 18.0 Å². The third kappa shape index (κ3) is 2.32. The lowest BCUT2D eigenvalue weighted by Gasteiger charge is -2.05. The largest absolute Gasteiger partial charge is 0.481 e. The molecule has 0 aliphatic carbocycles. The molecular formula is C6H7NO6. The zero-order chi connectivity index (χ0) is 10.0. The molecule has 1 aliphatic heterocycles. The molecule has 0 bridgehead atoms. The minimum absolute atomic E-state index is 0.156. The SMILES string of the molecule is O=C(O)CC[C@@H](C(=O)O)N1OC1=O. The zero-order valence-corrected chi connectivity index (χ0v) is 6.47. The summed E-state index contributed by atoms with van der Waals surface area (Å²) in [4.78, 5) is 35.1. The van der Waals surface area contributed by atoms with E-state index in [2.05, 4.69) is 4.84 Å². The van der Waals surface area contributed by atoms with E-state index in [9.17, 15) is 14.4 Å². The molecule has 1 atom stereocenters. The van der Waals surface area contributed by atoms with E-state index in [0.717, 1.165) is 0 Å². The second kappa shape index (κ2) is 3.30. The molecule has 0 spiro atoms. The van der Waals surface area contributed by atoms with Gasteiger partial charge in [0.2, 0.25) is 0 Å². The van der Waals surface area contributed by atoms with Crippen LogP contribution in [0.2, 0.25) is 0 Å². The standard InChI is InChI=1S/C6H7NO6/c8-4(9)2-1-3(5(10)11)7-6(12)13-7/h3H,1-2H2,(H,8,9)(H,10,11)/t3-,7?/m0/s1. The average Bonchev–Trinajstić information content (AvgIpc) is 2.66. The van der Waals surface area contributed by atoms with Gasteiger partial charge in [-0.25, -0.2) is 9.59 Å². The topological polar surface area (TPSA) is 107 Å². The number of carboxylic acids is 2. The zero-order valence-electron chi connectivity index (χ0n) is 6.47. The Hall–Kier alpha value is -1.79. The molecule has 72 valence electrons. The number of hydrogen-bond donors (Lipinski definition) is 2.